The van der Waals surface area contributed by atoms with Crippen LogP contribution in [0, 0.1) is 5.92 Å². The van der Waals surface area contributed by atoms with Gasteiger partial charge < -0.3 is 19.7 Å². The monoisotopic (exact) mass is 300 g/mol. The number of nitrogens with zero attached hydrogens (tertiary/aromatic N) is 1. The fraction of sp³-hybridized carbons (Fsp3) is 0.867. The second-order valence-corrected chi connectivity index (χ2v) is 6.46. The number of likely N-dealkylation sites (tertiary alicyclic amines) is 1. The van der Waals surface area contributed by atoms with Crippen molar-refractivity contribution in [2.75, 3.05) is 33.3 Å². The summed E-state index contributed by atoms with van der Waals surface area (Å²) in [5.74, 6) is -0.655. The number of carbonyl (C=O) groups is 2. The van der Waals surface area contributed by atoms with Gasteiger partial charge in [-0.2, -0.15) is 0 Å². The Kier molecular flexibility index (Phi) is 6.95. The largest absolute Gasteiger partial charge is 0.469 e. The zero-order valence-electron chi connectivity index (χ0n) is 13.6. The number of hydrogen-bond donors (Lipinski definition) is 1. The Morgan fingerprint density at radius 2 is 1.81 bits per heavy atom. The summed E-state index contributed by atoms with van der Waals surface area (Å²) in [6.07, 6.45) is 3.06. The van der Waals surface area contributed by atoms with Crippen molar-refractivity contribution >= 4 is 12.1 Å². The molecule has 1 unspecified atom stereocenters. The van der Waals surface area contributed by atoms with Crippen molar-refractivity contribution in [2.24, 2.45) is 5.92 Å². The van der Waals surface area contributed by atoms with E-state index in [0.29, 0.717) is 6.54 Å². The highest BCUT2D eigenvalue weighted by Crippen LogP contribution is 2.12. The summed E-state index contributed by atoms with van der Waals surface area (Å²) in [7, 11) is 1.37. The molecule has 0 bridgehead atoms. The van der Waals surface area contributed by atoms with Crippen LogP contribution in [0.3, 0.4) is 0 Å². The number of rotatable bonds is 5. The standard InChI is InChI=1S/C15H28N2O4/c1-15(2,3)21-14(19)16-10-12(13(18)20-4)11-17-8-6-5-7-9-17/h12H,5-11H2,1-4H3,(H,16,19). The maximum Gasteiger partial charge on any atom is 0.407 e. The second kappa shape index (κ2) is 8.22. The summed E-state index contributed by atoms with van der Waals surface area (Å²) in [5, 5.41) is 2.66. The third kappa shape index (κ3) is 7.32. The minimum Gasteiger partial charge on any atom is -0.469 e. The number of nitrogens with one attached hydrogen (secondary N) is 1. The van der Waals surface area contributed by atoms with Crippen LogP contribution in [0.2, 0.25) is 0 Å². The number of ether oxygens (including phenoxy) is 2. The highest BCUT2D eigenvalue weighted by atomic mass is 16.6. The van der Waals surface area contributed by atoms with Crippen LogP contribution in [0.5, 0.6) is 0 Å². The number of amides is 1. The average Bonchev–Trinajstić information content (AvgIpc) is 2.41. The van der Waals surface area contributed by atoms with Gasteiger partial charge in [-0.1, -0.05) is 6.42 Å². The van der Waals surface area contributed by atoms with Crippen LogP contribution >= 0.6 is 0 Å². The molecule has 1 fully saturated rings. The van der Waals surface area contributed by atoms with E-state index < -0.39 is 11.7 Å². The number of esters is 1. The lowest BCUT2D eigenvalue weighted by Crippen LogP contribution is -2.43. The van der Waals surface area contributed by atoms with Crippen LogP contribution in [-0.4, -0.2) is 55.9 Å². The Balaban J connectivity index is 2.46. The lowest BCUT2D eigenvalue weighted by Gasteiger charge is -2.29. The molecule has 1 N–H and O–H groups in total. The van der Waals surface area contributed by atoms with Gasteiger partial charge in [0.2, 0.25) is 0 Å². The molecule has 6 nitrogen and oxygen atoms in total. The predicted octanol–water partition coefficient (Wildman–Crippen LogP) is 1.79. The lowest BCUT2D eigenvalue weighted by atomic mass is 10.1. The van der Waals surface area contributed by atoms with Gasteiger partial charge >= 0.3 is 12.1 Å². The molecule has 1 aliphatic heterocycles. The zero-order chi connectivity index (χ0) is 15.9. The molecule has 6 heteroatoms. The van der Waals surface area contributed by atoms with Crippen molar-refractivity contribution in [3.63, 3.8) is 0 Å². The first-order chi connectivity index (χ1) is 9.81. The number of methoxy groups -OCH3 is 1. The van der Waals surface area contributed by atoms with E-state index in [0.717, 1.165) is 25.9 Å². The molecule has 0 saturated carbocycles. The molecule has 1 rings (SSSR count). The van der Waals surface area contributed by atoms with E-state index >= 15 is 0 Å². The molecule has 1 aliphatic rings. The molecule has 1 amide bonds. The van der Waals surface area contributed by atoms with Crippen LogP contribution in [0.15, 0.2) is 0 Å². The van der Waals surface area contributed by atoms with E-state index in [2.05, 4.69) is 10.2 Å². The van der Waals surface area contributed by atoms with Crippen molar-refractivity contribution < 1.29 is 19.1 Å². The van der Waals surface area contributed by atoms with Crippen LogP contribution in [0.4, 0.5) is 4.79 Å². The van der Waals surface area contributed by atoms with Crippen molar-refractivity contribution in [3.05, 3.63) is 0 Å². The topological polar surface area (TPSA) is 67.9 Å². The van der Waals surface area contributed by atoms with Gasteiger partial charge in [-0.05, 0) is 46.7 Å². The first-order valence-corrected chi connectivity index (χ1v) is 7.59. The SMILES string of the molecule is COC(=O)C(CNC(=O)OC(C)(C)C)CN1CCCCC1. The summed E-state index contributed by atoms with van der Waals surface area (Å²) < 4.78 is 10.0. The average molecular weight is 300 g/mol. The van der Waals surface area contributed by atoms with Crippen molar-refractivity contribution in [1.29, 1.82) is 0 Å². The van der Waals surface area contributed by atoms with Gasteiger partial charge in [-0.3, -0.25) is 4.79 Å². The maximum absolute atomic E-state index is 11.8. The van der Waals surface area contributed by atoms with E-state index in [-0.39, 0.29) is 18.4 Å². The van der Waals surface area contributed by atoms with Crippen LogP contribution in [0.25, 0.3) is 0 Å². The van der Waals surface area contributed by atoms with Crippen molar-refractivity contribution in [1.82, 2.24) is 10.2 Å². The Hall–Kier alpha value is -1.30. The van der Waals surface area contributed by atoms with Crippen LogP contribution < -0.4 is 5.32 Å². The Labute approximate surface area is 127 Å². The molecule has 0 aliphatic carbocycles. The van der Waals surface area contributed by atoms with E-state index in [1.165, 1.54) is 13.5 Å². The van der Waals surface area contributed by atoms with Gasteiger partial charge in [0, 0.05) is 13.1 Å². The second-order valence-electron chi connectivity index (χ2n) is 6.46. The van der Waals surface area contributed by atoms with Gasteiger partial charge in [0.25, 0.3) is 0 Å². The first kappa shape index (κ1) is 17.8. The number of piperidine rings is 1. The molecule has 21 heavy (non-hydrogen) atoms. The van der Waals surface area contributed by atoms with Crippen LogP contribution in [0.1, 0.15) is 40.0 Å². The molecule has 0 radical (unpaired) electrons. The molecule has 0 aromatic heterocycles. The minimum absolute atomic E-state index is 0.234. The highest BCUT2D eigenvalue weighted by Gasteiger charge is 2.25. The smallest absolute Gasteiger partial charge is 0.407 e. The summed E-state index contributed by atoms with van der Waals surface area (Å²) >= 11 is 0. The summed E-state index contributed by atoms with van der Waals surface area (Å²) in [4.78, 5) is 25.8. The third-order valence-corrected chi connectivity index (χ3v) is 3.35. The van der Waals surface area contributed by atoms with E-state index in [1.807, 2.05) is 0 Å². The minimum atomic E-state index is -0.544. The molecule has 0 aromatic rings. The Morgan fingerprint density at radius 3 is 2.33 bits per heavy atom. The maximum atomic E-state index is 11.8. The highest BCUT2D eigenvalue weighted by molar-refractivity contribution is 5.74. The molecule has 1 atom stereocenters. The zero-order valence-corrected chi connectivity index (χ0v) is 13.6. The molecule has 1 saturated heterocycles. The molecule has 0 spiro atoms. The van der Waals surface area contributed by atoms with Crippen LogP contribution in [-0.2, 0) is 14.3 Å². The molecular weight excluding hydrogens is 272 g/mol. The normalized spacial score (nSPS) is 17.9. The van der Waals surface area contributed by atoms with Crippen molar-refractivity contribution in [2.45, 2.75) is 45.6 Å². The van der Waals surface area contributed by atoms with E-state index in [4.69, 9.17) is 9.47 Å². The number of carbonyl (C=O) groups excluding carboxylic acids is 2. The quantitative estimate of drug-likeness (QED) is 0.784. The first-order valence-electron chi connectivity index (χ1n) is 7.59. The predicted molar refractivity (Wildman–Crippen MR) is 80.0 cm³/mol. The van der Waals surface area contributed by atoms with E-state index in [9.17, 15) is 9.59 Å². The number of alkyl carbamates (subject to hydrolysis) is 1. The molecule has 122 valence electrons. The lowest BCUT2D eigenvalue weighted by molar-refractivity contribution is -0.146. The summed E-state index contributed by atoms with van der Waals surface area (Å²) in [6.45, 7) is 8.26. The Bertz CT molecular complexity index is 346. The van der Waals surface area contributed by atoms with E-state index in [1.54, 1.807) is 20.8 Å². The van der Waals surface area contributed by atoms with Gasteiger partial charge in [0.1, 0.15) is 5.60 Å². The van der Waals surface area contributed by atoms with Gasteiger partial charge in [-0.15, -0.1) is 0 Å². The Morgan fingerprint density at radius 1 is 1.19 bits per heavy atom. The van der Waals surface area contributed by atoms with Gasteiger partial charge in [0.15, 0.2) is 0 Å². The summed E-state index contributed by atoms with van der Waals surface area (Å²) in [6, 6.07) is 0. The molecule has 1 heterocycles. The molecular formula is C15H28N2O4. The van der Waals surface area contributed by atoms with Gasteiger partial charge in [-0.25, -0.2) is 4.79 Å². The summed E-state index contributed by atoms with van der Waals surface area (Å²) in [5.41, 5.74) is -0.544. The number of hydrogen-bond acceptors (Lipinski definition) is 5. The fourth-order valence-corrected chi connectivity index (χ4v) is 2.36. The molecule has 0 aromatic carbocycles. The third-order valence-electron chi connectivity index (χ3n) is 3.35. The van der Waals surface area contributed by atoms with Crippen molar-refractivity contribution in [3.8, 4) is 0 Å². The fourth-order valence-electron chi connectivity index (χ4n) is 2.36. The van der Waals surface area contributed by atoms with Gasteiger partial charge in [0.05, 0.1) is 13.0 Å².